The van der Waals surface area contributed by atoms with Crippen LogP contribution in [0.15, 0.2) is 42.5 Å². The number of carbonyl (C=O) groups is 1. The molecule has 0 unspecified atom stereocenters. The quantitative estimate of drug-likeness (QED) is 0.858. The Balaban J connectivity index is 2.03. The monoisotopic (exact) mass is 329 g/mol. The summed E-state index contributed by atoms with van der Waals surface area (Å²) in [4.78, 5) is 10.9. The SMILES string of the molecule is COc1cc(CC(N)=O)ccc1OCC#Cc1ccccc1Cl. The second-order valence-corrected chi connectivity index (χ2v) is 5.11. The number of hydrogen-bond acceptors (Lipinski definition) is 3. The third kappa shape index (κ3) is 4.94. The van der Waals surface area contributed by atoms with Crippen LogP contribution in [-0.4, -0.2) is 19.6 Å². The zero-order chi connectivity index (χ0) is 16.7. The minimum absolute atomic E-state index is 0.156. The summed E-state index contributed by atoms with van der Waals surface area (Å²) in [6.07, 6.45) is 0.156. The molecule has 0 radical (unpaired) electrons. The Bertz CT molecular complexity index is 762. The topological polar surface area (TPSA) is 61.5 Å². The lowest BCUT2D eigenvalue weighted by Gasteiger charge is -2.10. The highest BCUT2D eigenvalue weighted by molar-refractivity contribution is 6.31. The first-order valence-electron chi connectivity index (χ1n) is 6.91. The van der Waals surface area contributed by atoms with Gasteiger partial charge in [-0.2, -0.15) is 0 Å². The van der Waals surface area contributed by atoms with Crippen molar-refractivity contribution in [3.05, 3.63) is 58.6 Å². The summed E-state index contributed by atoms with van der Waals surface area (Å²) in [5, 5.41) is 0.605. The largest absolute Gasteiger partial charge is 0.493 e. The van der Waals surface area contributed by atoms with Crippen molar-refractivity contribution in [2.24, 2.45) is 5.73 Å². The second-order valence-electron chi connectivity index (χ2n) is 4.70. The van der Waals surface area contributed by atoms with E-state index in [2.05, 4.69) is 11.8 Å². The second kappa shape index (κ2) is 8.11. The summed E-state index contributed by atoms with van der Waals surface area (Å²) in [5.74, 6) is 6.54. The Hall–Kier alpha value is -2.64. The van der Waals surface area contributed by atoms with Crippen molar-refractivity contribution in [2.75, 3.05) is 13.7 Å². The van der Waals surface area contributed by atoms with Gasteiger partial charge in [-0.3, -0.25) is 4.79 Å². The number of amides is 1. The van der Waals surface area contributed by atoms with Crippen LogP contribution in [0.4, 0.5) is 0 Å². The number of ether oxygens (including phenoxy) is 2. The fourth-order valence-electron chi connectivity index (χ4n) is 1.95. The van der Waals surface area contributed by atoms with Gasteiger partial charge in [-0.25, -0.2) is 0 Å². The molecule has 0 heterocycles. The highest BCUT2D eigenvalue weighted by Gasteiger charge is 2.07. The van der Waals surface area contributed by atoms with Crippen LogP contribution in [0.25, 0.3) is 0 Å². The molecule has 5 heteroatoms. The predicted molar refractivity (Wildman–Crippen MR) is 89.7 cm³/mol. The normalized spacial score (nSPS) is 9.65. The van der Waals surface area contributed by atoms with Gasteiger partial charge in [-0.05, 0) is 29.8 Å². The van der Waals surface area contributed by atoms with Crippen molar-refractivity contribution in [2.45, 2.75) is 6.42 Å². The highest BCUT2D eigenvalue weighted by Crippen LogP contribution is 2.28. The van der Waals surface area contributed by atoms with E-state index in [1.165, 1.54) is 7.11 Å². The van der Waals surface area contributed by atoms with Gasteiger partial charge in [0.25, 0.3) is 0 Å². The number of nitrogens with two attached hydrogens (primary N) is 1. The Morgan fingerprint density at radius 3 is 2.70 bits per heavy atom. The standard InChI is InChI=1S/C18H16ClNO3/c1-22-17-11-13(12-18(20)21)8-9-16(17)23-10-4-6-14-5-2-3-7-15(14)19/h2-3,5,7-9,11H,10,12H2,1H3,(H2,20,21). The Morgan fingerprint density at radius 2 is 2.00 bits per heavy atom. The van der Waals surface area contributed by atoms with Gasteiger partial charge in [-0.1, -0.05) is 41.6 Å². The van der Waals surface area contributed by atoms with Crippen LogP contribution in [0.2, 0.25) is 5.02 Å². The van der Waals surface area contributed by atoms with Gasteiger partial charge >= 0.3 is 0 Å². The smallest absolute Gasteiger partial charge is 0.221 e. The highest BCUT2D eigenvalue weighted by atomic mass is 35.5. The lowest BCUT2D eigenvalue weighted by Crippen LogP contribution is -2.13. The van der Waals surface area contributed by atoms with Crippen LogP contribution in [0.3, 0.4) is 0 Å². The molecule has 1 amide bonds. The Kier molecular flexibility index (Phi) is 5.90. The first kappa shape index (κ1) is 16.7. The molecule has 0 spiro atoms. The van der Waals surface area contributed by atoms with Crippen molar-refractivity contribution in [1.82, 2.24) is 0 Å². The minimum atomic E-state index is -0.397. The van der Waals surface area contributed by atoms with Crippen LogP contribution in [-0.2, 0) is 11.2 Å². The summed E-state index contributed by atoms with van der Waals surface area (Å²) >= 11 is 6.03. The van der Waals surface area contributed by atoms with E-state index in [0.717, 1.165) is 11.1 Å². The Morgan fingerprint density at radius 1 is 1.22 bits per heavy atom. The molecule has 0 aliphatic carbocycles. The van der Waals surface area contributed by atoms with Crippen molar-refractivity contribution < 1.29 is 14.3 Å². The molecule has 0 saturated carbocycles. The van der Waals surface area contributed by atoms with Crippen molar-refractivity contribution in [1.29, 1.82) is 0 Å². The van der Waals surface area contributed by atoms with Crippen LogP contribution >= 0.6 is 11.6 Å². The molecule has 23 heavy (non-hydrogen) atoms. The van der Waals surface area contributed by atoms with E-state index in [4.69, 9.17) is 26.8 Å². The number of primary amides is 1. The zero-order valence-corrected chi connectivity index (χ0v) is 13.4. The molecule has 0 aromatic heterocycles. The van der Waals surface area contributed by atoms with E-state index in [-0.39, 0.29) is 13.0 Å². The molecule has 0 saturated heterocycles. The van der Waals surface area contributed by atoms with Crippen molar-refractivity contribution >= 4 is 17.5 Å². The molecule has 4 nitrogen and oxygen atoms in total. The van der Waals surface area contributed by atoms with Gasteiger partial charge in [0.05, 0.1) is 18.6 Å². The molecule has 2 N–H and O–H groups in total. The molecule has 0 aliphatic heterocycles. The van der Waals surface area contributed by atoms with Crippen LogP contribution < -0.4 is 15.2 Å². The fraction of sp³-hybridized carbons (Fsp3) is 0.167. The molecular formula is C18H16ClNO3. The van der Waals surface area contributed by atoms with Gasteiger partial charge < -0.3 is 15.2 Å². The van der Waals surface area contributed by atoms with Crippen LogP contribution in [0.5, 0.6) is 11.5 Å². The number of carbonyl (C=O) groups excluding carboxylic acids is 1. The van der Waals surface area contributed by atoms with Gasteiger partial charge in [0.2, 0.25) is 5.91 Å². The molecule has 0 fully saturated rings. The summed E-state index contributed by atoms with van der Waals surface area (Å²) in [7, 11) is 1.53. The molecule has 2 aromatic carbocycles. The van der Waals surface area contributed by atoms with E-state index in [1.807, 2.05) is 18.2 Å². The van der Waals surface area contributed by atoms with Gasteiger partial charge in [0, 0.05) is 5.56 Å². The van der Waals surface area contributed by atoms with Crippen molar-refractivity contribution in [3.8, 4) is 23.3 Å². The molecule has 2 rings (SSSR count). The molecule has 0 aliphatic rings. The summed E-state index contributed by atoms with van der Waals surface area (Å²) in [5.41, 5.74) is 6.70. The number of rotatable bonds is 5. The van der Waals surface area contributed by atoms with Crippen LogP contribution in [0, 0.1) is 11.8 Å². The van der Waals surface area contributed by atoms with E-state index in [0.29, 0.717) is 16.5 Å². The number of benzene rings is 2. The third-order valence-electron chi connectivity index (χ3n) is 3.00. The number of halogens is 1. The Labute approximate surface area is 140 Å². The molecule has 0 bridgehead atoms. The first-order valence-corrected chi connectivity index (χ1v) is 7.29. The molecule has 0 atom stereocenters. The van der Waals surface area contributed by atoms with Gasteiger partial charge in [-0.15, -0.1) is 0 Å². The lowest BCUT2D eigenvalue weighted by molar-refractivity contribution is -0.117. The maximum absolute atomic E-state index is 10.9. The zero-order valence-electron chi connectivity index (χ0n) is 12.6. The average Bonchev–Trinajstić information content (AvgIpc) is 2.53. The van der Waals surface area contributed by atoms with Crippen molar-refractivity contribution in [3.63, 3.8) is 0 Å². The maximum Gasteiger partial charge on any atom is 0.221 e. The summed E-state index contributed by atoms with van der Waals surface area (Å²) in [6, 6.07) is 12.6. The number of methoxy groups -OCH3 is 1. The van der Waals surface area contributed by atoms with E-state index >= 15 is 0 Å². The van der Waals surface area contributed by atoms with Crippen LogP contribution in [0.1, 0.15) is 11.1 Å². The first-order chi connectivity index (χ1) is 11.1. The van der Waals surface area contributed by atoms with Gasteiger partial charge in [0.1, 0.15) is 6.61 Å². The molecule has 118 valence electrons. The lowest BCUT2D eigenvalue weighted by atomic mass is 10.1. The van der Waals surface area contributed by atoms with Gasteiger partial charge in [0.15, 0.2) is 11.5 Å². The summed E-state index contributed by atoms with van der Waals surface area (Å²) in [6.45, 7) is 0.191. The van der Waals surface area contributed by atoms with E-state index in [1.54, 1.807) is 24.3 Å². The minimum Gasteiger partial charge on any atom is -0.493 e. The molecular weight excluding hydrogens is 314 g/mol. The predicted octanol–water partition coefficient (Wildman–Crippen LogP) is 2.81. The third-order valence-corrected chi connectivity index (χ3v) is 3.33. The average molecular weight is 330 g/mol. The van der Waals surface area contributed by atoms with E-state index < -0.39 is 5.91 Å². The maximum atomic E-state index is 10.9. The fourth-order valence-corrected chi connectivity index (χ4v) is 2.13. The van der Waals surface area contributed by atoms with E-state index in [9.17, 15) is 4.79 Å². The molecule has 2 aromatic rings. The number of hydrogen-bond donors (Lipinski definition) is 1. The summed E-state index contributed by atoms with van der Waals surface area (Å²) < 4.78 is 10.8.